The molecule has 0 saturated carbocycles. The topological polar surface area (TPSA) is 86.7 Å². The average Bonchev–Trinajstić information content (AvgIpc) is 2.92. The lowest BCUT2D eigenvalue weighted by atomic mass is 10.1. The standard InChI is InChI=1S/C22H21FN4O4S/c1-5-32-22-24-20-18(25-26-22)15-11-13(23)9-10-16(15)27(12(2)28)21(31-20)14-7-6-8-17(29-3)19(14)30-4/h6-11,21H,5H2,1-4H3. The van der Waals surface area contributed by atoms with Crippen LogP contribution in [0.3, 0.4) is 0 Å². The largest absolute Gasteiger partial charge is 0.493 e. The molecule has 3 aromatic rings. The van der Waals surface area contributed by atoms with Crippen molar-refractivity contribution in [2.45, 2.75) is 25.2 Å². The summed E-state index contributed by atoms with van der Waals surface area (Å²) in [7, 11) is 3.03. The first-order valence-electron chi connectivity index (χ1n) is 9.83. The van der Waals surface area contributed by atoms with Gasteiger partial charge in [-0.05, 0) is 36.1 Å². The maximum absolute atomic E-state index is 14.2. The molecule has 8 nitrogen and oxygen atoms in total. The summed E-state index contributed by atoms with van der Waals surface area (Å²) in [6.45, 7) is 3.37. The van der Waals surface area contributed by atoms with Gasteiger partial charge in [-0.1, -0.05) is 24.8 Å². The molecule has 1 aliphatic heterocycles. The van der Waals surface area contributed by atoms with Crippen molar-refractivity contribution in [2.24, 2.45) is 0 Å². The first-order valence-corrected chi connectivity index (χ1v) is 10.8. The Kier molecular flexibility index (Phi) is 6.13. The van der Waals surface area contributed by atoms with Crippen LogP contribution in [-0.2, 0) is 4.79 Å². The maximum atomic E-state index is 14.2. The molecule has 0 fully saturated rings. The number of anilines is 1. The lowest BCUT2D eigenvalue weighted by Crippen LogP contribution is -2.36. The fraction of sp³-hybridized carbons (Fsp3) is 0.273. The summed E-state index contributed by atoms with van der Waals surface area (Å²) in [4.78, 5) is 18.8. The molecule has 1 unspecified atom stereocenters. The van der Waals surface area contributed by atoms with Crippen molar-refractivity contribution in [3.8, 4) is 28.6 Å². The third-order valence-electron chi connectivity index (χ3n) is 4.88. The molecule has 32 heavy (non-hydrogen) atoms. The van der Waals surface area contributed by atoms with E-state index >= 15 is 0 Å². The molecule has 1 aliphatic rings. The van der Waals surface area contributed by atoms with Crippen molar-refractivity contribution in [2.75, 3.05) is 24.9 Å². The zero-order valence-electron chi connectivity index (χ0n) is 18.0. The Balaban J connectivity index is 2.00. The normalized spacial score (nSPS) is 14.7. The monoisotopic (exact) mass is 456 g/mol. The molecule has 0 aliphatic carbocycles. The summed E-state index contributed by atoms with van der Waals surface area (Å²) in [6, 6.07) is 9.37. The molecule has 1 aromatic heterocycles. The molecule has 166 valence electrons. The summed E-state index contributed by atoms with van der Waals surface area (Å²) in [5.74, 6) is 0.952. The minimum Gasteiger partial charge on any atom is -0.493 e. The summed E-state index contributed by atoms with van der Waals surface area (Å²) >= 11 is 1.39. The highest BCUT2D eigenvalue weighted by atomic mass is 32.2. The molecule has 2 heterocycles. The Morgan fingerprint density at radius 3 is 2.72 bits per heavy atom. The van der Waals surface area contributed by atoms with Crippen molar-refractivity contribution >= 4 is 23.4 Å². The van der Waals surface area contributed by atoms with Crippen LogP contribution in [0.4, 0.5) is 10.1 Å². The number of halogens is 1. The maximum Gasteiger partial charge on any atom is 0.247 e. The van der Waals surface area contributed by atoms with E-state index in [1.165, 1.54) is 56.0 Å². The minimum atomic E-state index is -0.973. The SMILES string of the molecule is CCSc1nnc2c(n1)OC(c1cccc(OC)c1OC)N(C(C)=O)c1ccc(F)cc1-2. The second-order valence-electron chi connectivity index (χ2n) is 6.78. The number of thioether (sulfide) groups is 1. The van der Waals surface area contributed by atoms with E-state index in [4.69, 9.17) is 14.2 Å². The minimum absolute atomic E-state index is 0.140. The van der Waals surface area contributed by atoms with E-state index in [1.807, 2.05) is 6.92 Å². The van der Waals surface area contributed by atoms with Gasteiger partial charge in [0.1, 0.15) is 5.82 Å². The van der Waals surface area contributed by atoms with Crippen molar-refractivity contribution in [1.82, 2.24) is 15.2 Å². The molecule has 4 rings (SSSR count). The Morgan fingerprint density at radius 1 is 1.22 bits per heavy atom. The molecule has 0 spiro atoms. The number of methoxy groups -OCH3 is 2. The number of carbonyl (C=O) groups is 1. The van der Waals surface area contributed by atoms with Gasteiger partial charge in [0, 0.05) is 12.5 Å². The fourth-order valence-electron chi connectivity index (χ4n) is 3.58. The molecule has 2 aromatic carbocycles. The zero-order chi connectivity index (χ0) is 22.8. The fourth-order valence-corrected chi connectivity index (χ4v) is 4.08. The molecule has 0 N–H and O–H groups in total. The van der Waals surface area contributed by atoms with Crippen LogP contribution >= 0.6 is 11.8 Å². The van der Waals surface area contributed by atoms with Crippen LogP contribution < -0.4 is 19.1 Å². The molecule has 0 bridgehead atoms. The van der Waals surface area contributed by atoms with Crippen LogP contribution in [0.25, 0.3) is 11.3 Å². The number of fused-ring (bicyclic) bond motifs is 3. The van der Waals surface area contributed by atoms with Gasteiger partial charge in [0.25, 0.3) is 0 Å². The van der Waals surface area contributed by atoms with Gasteiger partial charge in [-0.15, -0.1) is 10.2 Å². The number of hydrogen-bond donors (Lipinski definition) is 0. The number of ether oxygens (including phenoxy) is 3. The lowest BCUT2D eigenvalue weighted by Gasteiger charge is -2.31. The first-order chi connectivity index (χ1) is 15.5. The van der Waals surface area contributed by atoms with Crippen LogP contribution in [-0.4, -0.2) is 41.1 Å². The van der Waals surface area contributed by atoms with Crippen LogP contribution in [0, 0.1) is 5.82 Å². The van der Waals surface area contributed by atoms with Gasteiger partial charge in [0.05, 0.1) is 25.5 Å². The van der Waals surface area contributed by atoms with Crippen molar-refractivity contribution in [1.29, 1.82) is 0 Å². The van der Waals surface area contributed by atoms with Gasteiger partial charge in [-0.2, -0.15) is 4.98 Å². The Morgan fingerprint density at radius 2 is 2.03 bits per heavy atom. The first kappa shape index (κ1) is 21.8. The molecule has 1 atom stereocenters. The van der Waals surface area contributed by atoms with Gasteiger partial charge in [-0.3, -0.25) is 9.69 Å². The third-order valence-corrected chi connectivity index (χ3v) is 5.60. The number of benzene rings is 2. The smallest absolute Gasteiger partial charge is 0.247 e. The molecule has 0 radical (unpaired) electrons. The molecular weight excluding hydrogens is 435 g/mol. The third kappa shape index (κ3) is 3.81. The Bertz CT molecular complexity index is 1180. The molecular formula is C22H21FN4O4S. The number of para-hydroxylation sites is 1. The van der Waals surface area contributed by atoms with Gasteiger partial charge in [0.15, 0.2) is 17.2 Å². The number of rotatable bonds is 5. The summed E-state index contributed by atoms with van der Waals surface area (Å²) in [5, 5.41) is 8.81. The van der Waals surface area contributed by atoms with Crippen molar-refractivity contribution in [3.05, 3.63) is 47.8 Å². The summed E-state index contributed by atoms with van der Waals surface area (Å²) in [6.07, 6.45) is -0.973. The van der Waals surface area contributed by atoms with Crippen LogP contribution in [0.2, 0.25) is 0 Å². The Hall–Kier alpha value is -3.40. The van der Waals surface area contributed by atoms with Crippen molar-refractivity contribution < 1.29 is 23.4 Å². The number of hydrogen-bond acceptors (Lipinski definition) is 8. The molecule has 1 amide bonds. The predicted octanol–water partition coefficient (Wildman–Crippen LogP) is 4.25. The van der Waals surface area contributed by atoms with E-state index in [1.54, 1.807) is 18.2 Å². The van der Waals surface area contributed by atoms with E-state index in [9.17, 15) is 9.18 Å². The Labute approximate surface area is 188 Å². The highest BCUT2D eigenvalue weighted by Crippen LogP contribution is 2.46. The number of nitrogens with zero attached hydrogens (tertiary/aromatic N) is 4. The summed E-state index contributed by atoms with van der Waals surface area (Å²) < 4.78 is 31.5. The van der Waals surface area contributed by atoms with E-state index < -0.39 is 12.0 Å². The van der Waals surface area contributed by atoms with Gasteiger partial charge < -0.3 is 14.2 Å². The number of aromatic nitrogens is 3. The zero-order valence-corrected chi connectivity index (χ0v) is 18.8. The second kappa shape index (κ2) is 8.99. The summed E-state index contributed by atoms with van der Waals surface area (Å²) in [5.41, 5.74) is 1.55. The predicted molar refractivity (Wildman–Crippen MR) is 118 cm³/mol. The van der Waals surface area contributed by atoms with Crippen LogP contribution in [0.15, 0.2) is 41.6 Å². The lowest BCUT2D eigenvalue weighted by molar-refractivity contribution is -0.118. The highest BCUT2D eigenvalue weighted by Gasteiger charge is 2.37. The quantitative estimate of drug-likeness (QED) is 0.527. The average molecular weight is 456 g/mol. The van der Waals surface area contributed by atoms with Gasteiger partial charge in [-0.25, -0.2) is 4.39 Å². The van der Waals surface area contributed by atoms with Crippen LogP contribution in [0.1, 0.15) is 25.6 Å². The van der Waals surface area contributed by atoms with Gasteiger partial charge in [0.2, 0.25) is 23.2 Å². The number of amides is 1. The van der Waals surface area contributed by atoms with E-state index in [0.717, 1.165) is 5.75 Å². The van der Waals surface area contributed by atoms with Gasteiger partial charge >= 0.3 is 0 Å². The van der Waals surface area contributed by atoms with Crippen molar-refractivity contribution in [3.63, 3.8) is 0 Å². The van der Waals surface area contributed by atoms with E-state index in [2.05, 4.69) is 15.2 Å². The van der Waals surface area contributed by atoms with Crippen LogP contribution in [0.5, 0.6) is 17.4 Å². The highest BCUT2D eigenvalue weighted by molar-refractivity contribution is 7.99. The second-order valence-corrected chi connectivity index (χ2v) is 8.02. The van der Waals surface area contributed by atoms with E-state index in [-0.39, 0.29) is 17.5 Å². The van der Waals surface area contributed by atoms with E-state index in [0.29, 0.717) is 33.5 Å². The molecule has 10 heteroatoms. The molecule has 0 saturated heterocycles. The number of carbonyl (C=O) groups excluding carboxylic acids is 1.